The summed E-state index contributed by atoms with van der Waals surface area (Å²) in [6.07, 6.45) is 3.55. The Bertz CT molecular complexity index is 753. The molecule has 2 aromatic rings. The minimum Gasteiger partial charge on any atom is -0.468 e. The standard InChI is InChI=1S/C15H22ClN7O2/c1-17-15(22(3)9-13-5-11(16)7-21(13)2)18-6-12-8-23(20-19-12)10-14(24)25-4/h5,7-8H,6,9-10H2,1-4H3,(H,17,18). The van der Waals surface area contributed by atoms with Gasteiger partial charge in [-0.3, -0.25) is 9.79 Å². The molecule has 0 amide bonds. The molecule has 0 aromatic carbocycles. The average Bonchev–Trinajstić information content (AvgIpc) is 3.14. The van der Waals surface area contributed by atoms with Crippen LogP contribution >= 0.6 is 11.6 Å². The predicted molar refractivity (Wildman–Crippen MR) is 94.1 cm³/mol. The van der Waals surface area contributed by atoms with Gasteiger partial charge in [0.2, 0.25) is 0 Å². The molecule has 1 N–H and O–H groups in total. The van der Waals surface area contributed by atoms with E-state index in [2.05, 4.69) is 25.4 Å². The summed E-state index contributed by atoms with van der Waals surface area (Å²) in [7, 11) is 6.93. The number of methoxy groups -OCH3 is 1. The van der Waals surface area contributed by atoms with Crippen LogP contribution in [0.2, 0.25) is 5.02 Å². The Balaban J connectivity index is 1.91. The van der Waals surface area contributed by atoms with Gasteiger partial charge in [-0.25, -0.2) is 4.68 Å². The molecular weight excluding hydrogens is 346 g/mol. The van der Waals surface area contributed by atoms with Crippen molar-refractivity contribution in [3.05, 3.63) is 34.9 Å². The molecule has 0 spiro atoms. The third-order valence-electron chi connectivity index (χ3n) is 3.58. The monoisotopic (exact) mass is 367 g/mol. The lowest BCUT2D eigenvalue weighted by atomic mass is 10.4. The number of aromatic nitrogens is 4. The third-order valence-corrected chi connectivity index (χ3v) is 3.79. The van der Waals surface area contributed by atoms with Gasteiger partial charge in [-0.05, 0) is 6.07 Å². The molecule has 0 aliphatic carbocycles. The molecule has 0 saturated carbocycles. The Hall–Kier alpha value is -2.55. The van der Waals surface area contributed by atoms with Crippen LogP contribution in [-0.4, -0.2) is 57.6 Å². The van der Waals surface area contributed by atoms with Crippen molar-refractivity contribution in [2.24, 2.45) is 12.0 Å². The summed E-state index contributed by atoms with van der Waals surface area (Å²) in [5.41, 5.74) is 1.76. The Kier molecular flexibility index (Phi) is 6.40. The van der Waals surface area contributed by atoms with Gasteiger partial charge in [0.1, 0.15) is 12.2 Å². The molecule has 0 aliphatic heterocycles. The number of aliphatic imine (C=N–C) groups is 1. The lowest BCUT2D eigenvalue weighted by Crippen LogP contribution is -2.38. The topological polar surface area (TPSA) is 89.6 Å². The summed E-state index contributed by atoms with van der Waals surface area (Å²) in [4.78, 5) is 17.5. The van der Waals surface area contributed by atoms with Gasteiger partial charge in [0.05, 0.1) is 31.4 Å². The first-order chi connectivity index (χ1) is 11.9. The van der Waals surface area contributed by atoms with Gasteiger partial charge in [0.25, 0.3) is 0 Å². The number of nitrogens with one attached hydrogen (secondary N) is 1. The number of esters is 1. The highest BCUT2D eigenvalue weighted by molar-refractivity contribution is 6.30. The Labute approximate surface area is 151 Å². The number of carbonyl (C=O) groups is 1. The van der Waals surface area contributed by atoms with Crippen molar-refractivity contribution in [3.8, 4) is 0 Å². The first-order valence-corrected chi connectivity index (χ1v) is 7.99. The highest BCUT2D eigenvalue weighted by Crippen LogP contribution is 2.14. The molecule has 0 atom stereocenters. The molecule has 25 heavy (non-hydrogen) atoms. The van der Waals surface area contributed by atoms with Crippen LogP contribution in [-0.2, 0) is 36.2 Å². The number of nitrogens with zero attached hydrogens (tertiary/aromatic N) is 6. The third kappa shape index (κ3) is 5.21. The molecular formula is C15H22ClN7O2. The maximum Gasteiger partial charge on any atom is 0.327 e. The molecule has 0 fully saturated rings. The van der Waals surface area contributed by atoms with Gasteiger partial charge in [-0.15, -0.1) is 5.10 Å². The smallest absolute Gasteiger partial charge is 0.327 e. The fourth-order valence-electron chi connectivity index (χ4n) is 2.29. The SMILES string of the molecule is CN=C(NCc1cn(CC(=O)OC)nn1)N(C)Cc1cc(Cl)cn1C. The molecule has 0 radical (unpaired) electrons. The number of aryl methyl sites for hydroxylation is 1. The van der Waals surface area contributed by atoms with Crippen LogP contribution in [0.5, 0.6) is 0 Å². The van der Waals surface area contributed by atoms with Gasteiger partial charge >= 0.3 is 5.97 Å². The van der Waals surface area contributed by atoms with Crippen molar-refractivity contribution in [3.63, 3.8) is 0 Å². The van der Waals surface area contributed by atoms with Crippen molar-refractivity contribution >= 4 is 23.5 Å². The van der Waals surface area contributed by atoms with E-state index in [-0.39, 0.29) is 12.5 Å². The minimum absolute atomic E-state index is 0.0341. The molecule has 0 bridgehead atoms. The summed E-state index contributed by atoms with van der Waals surface area (Å²) in [6.45, 7) is 1.12. The van der Waals surface area contributed by atoms with Gasteiger partial charge in [0.15, 0.2) is 5.96 Å². The van der Waals surface area contributed by atoms with E-state index in [1.807, 2.05) is 35.8 Å². The summed E-state index contributed by atoms with van der Waals surface area (Å²) >= 11 is 6.02. The molecule has 0 saturated heterocycles. The van der Waals surface area contributed by atoms with Gasteiger partial charge < -0.3 is 19.5 Å². The van der Waals surface area contributed by atoms with Crippen LogP contribution in [0, 0.1) is 0 Å². The van der Waals surface area contributed by atoms with Crippen LogP contribution in [0.4, 0.5) is 0 Å². The van der Waals surface area contributed by atoms with Crippen molar-refractivity contribution in [2.45, 2.75) is 19.6 Å². The maximum absolute atomic E-state index is 11.2. The Morgan fingerprint density at radius 1 is 1.48 bits per heavy atom. The first-order valence-electron chi connectivity index (χ1n) is 7.61. The summed E-state index contributed by atoms with van der Waals surface area (Å²) < 4.78 is 8.01. The molecule has 136 valence electrons. The van der Waals surface area contributed by atoms with E-state index in [0.29, 0.717) is 29.8 Å². The second-order valence-corrected chi connectivity index (χ2v) is 5.94. The zero-order valence-corrected chi connectivity index (χ0v) is 15.5. The second-order valence-electron chi connectivity index (χ2n) is 5.50. The fourth-order valence-corrected chi connectivity index (χ4v) is 2.56. The molecule has 2 aromatic heterocycles. The number of hydrogen-bond acceptors (Lipinski definition) is 5. The Morgan fingerprint density at radius 3 is 2.84 bits per heavy atom. The van der Waals surface area contributed by atoms with Crippen LogP contribution < -0.4 is 5.32 Å². The second kappa shape index (κ2) is 8.52. The van der Waals surface area contributed by atoms with Crippen molar-refractivity contribution in [1.29, 1.82) is 0 Å². The Morgan fingerprint density at radius 2 is 2.24 bits per heavy atom. The molecule has 0 aliphatic rings. The quantitative estimate of drug-likeness (QED) is 0.458. The van der Waals surface area contributed by atoms with Gasteiger partial charge in [0, 0.05) is 33.0 Å². The van der Waals surface area contributed by atoms with E-state index in [4.69, 9.17) is 11.6 Å². The minimum atomic E-state index is -0.374. The van der Waals surface area contributed by atoms with E-state index in [9.17, 15) is 4.79 Å². The van der Waals surface area contributed by atoms with Gasteiger partial charge in [-0.1, -0.05) is 16.8 Å². The maximum atomic E-state index is 11.2. The average molecular weight is 368 g/mol. The van der Waals surface area contributed by atoms with Crippen LogP contribution in [0.3, 0.4) is 0 Å². The highest BCUT2D eigenvalue weighted by Gasteiger charge is 2.11. The fraction of sp³-hybridized carbons (Fsp3) is 0.467. The number of guanidine groups is 1. The van der Waals surface area contributed by atoms with Crippen LogP contribution in [0.15, 0.2) is 23.5 Å². The van der Waals surface area contributed by atoms with Gasteiger partial charge in [-0.2, -0.15) is 0 Å². The van der Waals surface area contributed by atoms with E-state index >= 15 is 0 Å². The zero-order valence-electron chi connectivity index (χ0n) is 14.7. The number of hydrogen-bond donors (Lipinski definition) is 1. The summed E-state index contributed by atoms with van der Waals surface area (Å²) in [6, 6.07) is 1.92. The molecule has 2 rings (SSSR count). The van der Waals surface area contributed by atoms with Crippen molar-refractivity contribution in [1.82, 2.24) is 29.8 Å². The number of carbonyl (C=O) groups excluding carboxylic acids is 1. The largest absolute Gasteiger partial charge is 0.468 e. The number of halogens is 1. The molecule has 10 heteroatoms. The van der Waals surface area contributed by atoms with E-state index < -0.39 is 0 Å². The number of rotatable bonds is 6. The van der Waals surface area contributed by atoms with E-state index in [0.717, 1.165) is 5.69 Å². The lowest BCUT2D eigenvalue weighted by molar-refractivity contribution is -0.141. The molecule has 0 unspecified atom stereocenters. The normalized spacial score (nSPS) is 11.5. The molecule has 2 heterocycles. The highest BCUT2D eigenvalue weighted by atomic mass is 35.5. The predicted octanol–water partition coefficient (Wildman–Crippen LogP) is 0.650. The van der Waals surface area contributed by atoms with E-state index in [1.54, 1.807) is 13.2 Å². The molecule has 9 nitrogen and oxygen atoms in total. The number of ether oxygens (including phenoxy) is 1. The summed E-state index contributed by atoms with van der Waals surface area (Å²) in [5.74, 6) is 0.334. The first kappa shape index (κ1) is 18.8. The van der Waals surface area contributed by atoms with Crippen LogP contribution in [0.25, 0.3) is 0 Å². The van der Waals surface area contributed by atoms with Crippen molar-refractivity contribution in [2.75, 3.05) is 21.2 Å². The van der Waals surface area contributed by atoms with Crippen LogP contribution in [0.1, 0.15) is 11.4 Å². The summed E-state index contributed by atoms with van der Waals surface area (Å²) in [5, 5.41) is 11.8. The zero-order chi connectivity index (χ0) is 18.4. The van der Waals surface area contributed by atoms with E-state index in [1.165, 1.54) is 11.8 Å². The lowest BCUT2D eigenvalue weighted by Gasteiger charge is -2.22. The van der Waals surface area contributed by atoms with Crippen molar-refractivity contribution < 1.29 is 9.53 Å².